The lowest BCUT2D eigenvalue weighted by atomic mass is 9.83. The summed E-state index contributed by atoms with van der Waals surface area (Å²) in [5.41, 5.74) is 7.39. The SMILES string of the molecule is CC(C)(CC(=O)O)Cc1ccc(OCCc2cccc(N)n2)cc1. The number of nitrogens with two attached hydrogens (primary N) is 1. The summed E-state index contributed by atoms with van der Waals surface area (Å²) >= 11 is 0. The second kappa shape index (κ2) is 7.81. The number of aromatic nitrogens is 1. The van der Waals surface area contributed by atoms with Crippen molar-refractivity contribution in [3.05, 3.63) is 53.7 Å². The van der Waals surface area contributed by atoms with Crippen LogP contribution >= 0.6 is 0 Å². The molecule has 0 unspecified atom stereocenters. The van der Waals surface area contributed by atoms with E-state index in [1.54, 1.807) is 6.07 Å². The summed E-state index contributed by atoms with van der Waals surface area (Å²) in [6.07, 6.45) is 1.56. The molecule has 0 bridgehead atoms. The number of rotatable bonds is 8. The van der Waals surface area contributed by atoms with Gasteiger partial charge in [-0.1, -0.05) is 32.0 Å². The van der Waals surface area contributed by atoms with E-state index in [0.717, 1.165) is 17.0 Å². The van der Waals surface area contributed by atoms with Crippen LogP contribution in [0.3, 0.4) is 0 Å². The van der Waals surface area contributed by atoms with Gasteiger partial charge >= 0.3 is 5.97 Å². The van der Waals surface area contributed by atoms with E-state index in [0.29, 0.717) is 25.3 Å². The summed E-state index contributed by atoms with van der Waals surface area (Å²) < 4.78 is 5.72. The minimum atomic E-state index is -0.768. The Kier molecular flexibility index (Phi) is 5.79. The van der Waals surface area contributed by atoms with Gasteiger partial charge in [-0.3, -0.25) is 4.79 Å². The van der Waals surface area contributed by atoms with Crippen molar-refractivity contribution in [3.8, 4) is 5.75 Å². The van der Waals surface area contributed by atoms with Gasteiger partial charge in [0.2, 0.25) is 0 Å². The number of benzene rings is 1. The van der Waals surface area contributed by atoms with Crippen LogP contribution in [0.5, 0.6) is 5.75 Å². The van der Waals surface area contributed by atoms with Gasteiger partial charge in [-0.2, -0.15) is 0 Å². The summed E-state index contributed by atoms with van der Waals surface area (Å²) in [5, 5.41) is 8.95. The number of hydrogen-bond donors (Lipinski definition) is 2. The summed E-state index contributed by atoms with van der Waals surface area (Å²) in [6, 6.07) is 13.4. The predicted molar refractivity (Wildman–Crippen MR) is 94.0 cm³/mol. The van der Waals surface area contributed by atoms with Crippen molar-refractivity contribution in [2.45, 2.75) is 33.1 Å². The second-order valence-corrected chi connectivity index (χ2v) is 6.71. The van der Waals surface area contributed by atoms with E-state index in [-0.39, 0.29) is 11.8 Å². The summed E-state index contributed by atoms with van der Waals surface area (Å²) in [5.74, 6) is 0.537. The number of pyridine rings is 1. The zero-order chi connectivity index (χ0) is 17.6. The third-order valence-electron chi connectivity index (χ3n) is 3.69. The van der Waals surface area contributed by atoms with Crippen molar-refractivity contribution >= 4 is 11.8 Å². The summed E-state index contributed by atoms with van der Waals surface area (Å²) in [7, 11) is 0. The molecule has 2 rings (SSSR count). The third kappa shape index (κ3) is 5.91. The Bertz CT molecular complexity index is 681. The molecular formula is C19H24N2O3. The number of hydrogen-bond acceptors (Lipinski definition) is 4. The zero-order valence-corrected chi connectivity index (χ0v) is 14.2. The van der Waals surface area contributed by atoms with Crippen LogP contribution < -0.4 is 10.5 Å². The highest BCUT2D eigenvalue weighted by molar-refractivity contribution is 5.67. The van der Waals surface area contributed by atoms with Crippen LogP contribution in [-0.4, -0.2) is 22.7 Å². The van der Waals surface area contributed by atoms with Crippen molar-refractivity contribution < 1.29 is 14.6 Å². The molecule has 1 aromatic heterocycles. The number of nitrogen functional groups attached to an aromatic ring is 1. The molecule has 128 valence electrons. The molecule has 5 nitrogen and oxygen atoms in total. The number of carboxylic acids is 1. The Hall–Kier alpha value is -2.56. The molecule has 0 saturated heterocycles. The van der Waals surface area contributed by atoms with E-state index < -0.39 is 5.97 Å². The second-order valence-electron chi connectivity index (χ2n) is 6.71. The predicted octanol–water partition coefficient (Wildman–Crippen LogP) is 3.33. The molecule has 0 aliphatic rings. The van der Waals surface area contributed by atoms with Gasteiger partial charge in [0.25, 0.3) is 0 Å². The lowest BCUT2D eigenvalue weighted by Gasteiger charge is -2.22. The molecule has 24 heavy (non-hydrogen) atoms. The molecule has 0 amide bonds. The van der Waals surface area contributed by atoms with E-state index in [1.165, 1.54) is 0 Å². The highest BCUT2D eigenvalue weighted by Crippen LogP contribution is 2.26. The standard InChI is InChI=1S/C19H24N2O3/c1-19(2,13-18(22)23)12-14-6-8-16(9-7-14)24-11-10-15-4-3-5-17(20)21-15/h3-9H,10-13H2,1-2H3,(H2,20,21)(H,22,23). The van der Waals surface area contributed by atoms with Crippen molar-refractivity contribution in [3.63, 3.8) is 0 Å². The van der Waals surface area contributed by atoms with Crippen molar-refractivity contribution in [1.29, 1.82) is 0 Å². The van der Waals surface area contributed by atoms with Crippen LogP contribution in [0.1, 0.15) is 31.5 Å². The fourth-order valence-corrected chi connectivity index (χ4v) is 2.64. The molecule has 1 aromatic carbocycles. The van der Waals surface area contributed by atoms with Gasteiger partial charge in [-0.25, -0.2) is 4.98 Å². The Morgan fingerprint density at radius 1 is 1.21 bits per heavy atom. The Morgan fingerprint density at radius 3 is 2.54 bits per heavy atom. The first-order valence-corrected chi connectivity index (χ1v) is 7.99. The molecule has 0 atom stereocenters. The van der Waals surface area contributed by atoms with E-state index in [2.05, 4.69) is 4.98 Å². The molecule has 0 radical (unpaired) electrons. The lowest BCUT2D eigenvalue weighted by Crippen LogP contribution is -2.19. The van der Waals surface area contributed by atoms with Gasteiger partial charge in [0.15, 0.2) is 0 Å². The lowest BCUT2D eigenvalue weighted by molar-refractivity contribution is -0.139. The van der Waals surface area contributed by atoms with Gasteiger partial charge in [0.05, 0.1) is 13.0 Å². The average Bonchev–Trinajstić information content (AvgIpc) is 2.47. The number of carbonyl (C=O) groups is 1. The van der Waals surface area contributed by atoms with Crippen LogP contribution in [0.2, 0.25) is 0 Å². The van der Waals surface area contributed by atoms with Gasteiger partial charge in [0.1, 0.15) is 11.6 Å². The number of carboxylic acid groups (broad SMARTS) is 1. The Balaban J connectivity index is 1.84. The van der Waals surface area contributed by atoms with E-state index in [4.69, 9.17) is 15.6 Å². The first kappa shape index (κ1) is 17.8. The van der Waals surface area contributed by atoms with Crippen molar-refractivity contribution in [2.24, 2.45) is 5.41 Å². The smallest absolute Gasteiger partial charge is 0.303 e. The molecular weight excluding hydrogens is 304 g/mol. The molecule has 5 heteroatoms. The molecule has 3 N–H and O–H groups in total. The number of nitrogens with zero attached hydrogens (tertiary/aromatic N) is 1. The largest absolute Gasteiger partial charge is 0.493 e. The summed E-state index contributed by atoms with van der Waals surface area (Å²) in [6.45, 7) is 4.45. The number of ether oxygens (including phenoxy) is 1. The molecule has 0 aliphatic heterocycles. The minimum absolute atomic E-state index is 0.151. The molecule has 2 aromatic rings. The van der Waals surface area contributed by atoms with Crippen LogP contribution in [0.15, 0.2) is 42.5 Å². The average molecular weight is 328 g/mol. The third-order valence-corrected chi connectivity index (χ3v) is 3.69. The first-order valence-electron chi connectivity index (χ1n) is 7.99. The molecule has 1 heterocycles. The molecule has 0 spiro atoms. The zero-order valence-electron chi connectivity index (χ0n) is 14.2. The first-order chi connectivity index (χ1) is 11.3. The molecule has 0 fully saturated rings. The maximum Gasteiger partial charge on any atom is 0.303 e. The van der Waals surface area contributed by atoms with Gasteiger partial charge in [-0.15, -0.1) is 0 Å². The van der Waals surface area contributed by atoms with E-state index in [1.807, 2.05) is 50.2 Å². The van der Waals surface area contributed by atoms with Crippen LogP contribution in [-0.2, 0) is 17.6 Å². The monoisotopic (exact) mass is 328 g/mol. The Morgan fingerprint density at radius 2 is 1.92 bits per heavy atom. The number of anilines is 1. The topological polar surface area (TPSA) is 85.4 Å². The van der Waals surface area contributed by atoms with Crippen molar-refractivity contribution in [2.75, 3.05) is 12.3 Å². The van der Waals surface area contributed by atoms with Crippen molar-refractivity contribution in [1.82, 2.24) is 4.98 Å². The summed E-state index contributed by atoms with van der Waals surface area (Å²) in [4.78, 5) is 15.1. The maximum absolute atomic E-state index is 10.9. The van der Waals surface area contributed by atoms with E-state index in [9.17, 15) is 4.79 Å². The normalized spacial score (nSPS) is 11.2. The van der Waals surface area contributed by atoms with Gasteiger partial charge in [-0.05, 0) is 41.7 Å². The van der Waals surface area contributed by atoms with Crippen LogP contribution in [0.4, 0.5) is 5.82 Å². The maximum atomic E-state index is 10.9. The van der Waals surface area contributed by atoms with Crippen LogP contribution in [0.25, 0.3) is 0 Å². The highest BCUT2D eigenvalue weighted by Gasteiger charge is 2.22. The highest BCUT2D eigenvalue weighted by atomic mass is 16.5. The van der Waals surface area contributed by atoms with Gasteiger partial charge in [0, 0.05) is 12.1 Å². The minimum Gasteiger partial charge on any atom is -0.493 e. The fourth-order valence-electron chi connectivity index (χ4n) is 2.64. The fraction of sp³-hybridized carbons (Fsp3) is 0.368. The van der Waals surface area contributed by atoms with E-state index >= 15 is 0 Å². The van der Waals surface area contributed by atoms with Crippen LogP contribution in [0, 0.1) is 5.41 Å². The quantitative estimate of drug-likeness (QED) is 0.776. The number of aliphatic carboxylic acids is 1. The molecule has 0 aliphatic carbocycles. The van der Waals surface area contributed by atoms with Gasteiger partial charge < -0.3 is 15.6 Å². The molecule has 0 saturated carbocycles. The Labute approximate surface area is 142 Å².